The Kier molecular flexibility index (Phi) is 6.31. The quantitative estimate of drug-likeness (QED) is 0.706. The summed E-state index contributed by atoms with van der Waals surface area (Å²) in [5.41, 5.74) is 1.04. The number of nitrogens with zero attached hydrogens (tertiary/aromatic N) is 1. The average Bonchev–Trinajstić information content (AvgIpc) is 3.57. The highest BCUT2D eigenvalue weighted by atomic mass is 32.2. The third kappa shape index (κ3) is 5.44. The lowest BCUT2D eigenvalue weighted by molar-refractivity contribution is -0.0440. The van der Waals surface area contributed by atoms with E-state index >= 15 is 0 Å². The zero-order valence-electron chi connectivity index (χ0n) is 17.8. The van der Waals surface area contributed by atoms with Gasteiger partial charge in [-0.15, -0.1) is 0 Å². The molecule has 2 unspecified atom stereocenters. The summed E-state index contributed by atoms with van der Waals surface area (Å²) in [7, 11) is -3.61. The van der Waals surface area contributed by atoms with Crippen LogP contribution in [-0.2, 0) is 14.8 Å². The SMILES string of the molecule is CC1CN(S(=O)(=O)c2ccc(NC(=O)c3ccc(OCC4CC4)cc3)cc2)CC(C)O1. The molecule has 0 radical (unpaired) electrons. The molecule has 0 aromatic heterocycles. The van der Waals surface area contributed by atoms with Crippen LogP contribution in [0.3, 0.4) is 0 Å². The Balaban J connectivity index is 1.38. The van der Waals surface area contributed by atoms with Gasteiger partial charge in [0.25, 0.3) is 5.91 Å². The third-order valence-corrected chi connectivity index (χ3v) is 7.28. The molecule has 8 heteroatoms. The van der Waals surface area contributed by atoms with E-state index in [0.29, 0.717) is 30.3 Å². The molecule has 166 valence electrons. The first-order chi connectivity index (χ1) is 14.8. The Morgan fingerprint density at radius 2 is 1.65 bits per heavy atom. The highest BCUT2D eigenvalue weighted by Gasteiger charge is 2.32. The highest BCUT2D eigenvalue weighted by molar-refractivity contribution is 7.89. The molecule has 2 fully saturated rings. The van der Waals surface area contributed by atoms with Gasteiger partial charge in [-0.1, -0.05) is 0 Å². The molecule has 1 N–H and O–H groups in total. The van der Waals surface area contributed by atoms with Crippen molar-refractivity contribution in [3.63, 3.8) is 0 Å². The van der Waals surface area contributed by atoms with Crippen LogP contribution in [-0.4, -0.2) is 50.5 Å². The van der Waals surface area contributed by atoms with Crippen molar-refractivity contribution in [1.29, 1.82) is 0 Å². The van der Waals surface area contributed by atoms with E-state index in [-0.39, 0.29) is 23.0 Å². The van der Waals surface area contributed by atoms with Gasteiger partial charge in [0.15, 0.2) is 0 Å². The van der Waals surface area contributed by atoms with Crippen LogP contribution in [0.5, 0.6) is 5.75 Å². The maximum atomic E-state index is 12.9. The smallest absolute Gasteiger partial charge is 0.255 e. The van der Waals surface area contributed by atoms with Gasteiger partial charge in [0, 0.05) is 24.3 Å². The molecule has 0 spiro atoms. The third-order valence-electron chi connectivity index (χ3n) is 5.44. The molecule has 1 saturated heterocycles. The minimum absolute atomic E-state index is 0.150. The number of amides is 1. The lowest BCUT2D eigenvalue weighted by Crippen LogP contribution is -2.48. The first kappa shape index (κ1) is 21.8. The van der Waals surface area contributed by atoms with Crippen LogP contribution in [0.2, 0.25) is 0 Å². The fraction of sp³-hybridized carbons (Fsp3) is 0.435. The molecular formula is C23H28N2O5S. The summed E-state index contributed by atoms with van der Waals surface area (Å²) in [5, 5.41) is 2.80. The van der Waals surface area contributed by atoms with Crippen molar-refractivity contribution < 1.29 is 22.7 Å². The van der Waals surface area contributed by atoms with E-state index in [4.69, 9.17) is 9.47 Å². The largest absolute Gasteiger partial charge is 0.493 e. The van der Waals surface area contributed by atoms with Crippen LogP contribution in [0, 0.1) is 5.92 Å². The average molecular weight is 445 g/mol. The number of hydrogen-bond acceptors (Lipinski definition) is 5. The molecule has 1 heterocycles. The first-order valence-corrected chi connectivity index (χ1v) is 12.0. The zero-order chi connectivity index (χ0) is 22.0. The van der Waals surface area contributed by atoms with Crippen molar-refractivity contribution in [3.05, 3.63) is 54.1 Å². The molecule has 1 aliphatic heterocycles. The van der Waals surface area contributed by atoms with Gasteiger partial charge in [-0.25, -0.2) is 8.42 Å². The molecule has 2 aliphatic rings. The van der Waals surface area contributed by atoms with E-state index in [9.17, 15) is 13.2 Å². The van der Waals surface area contributed by atoms with Crippen molar-refractivity contribution in [1.82, 2.24) is 4.31 Å². The lowest BCUT2D eigenvalue weighted by Gasteiger charge is -2.34. The predicted octanol–water partition coefficient (Wildman–Crippen LogP) is 3.53. The summed E-state index contributed by atoms with van der Waals surface area (Å²) < 4.78 is 38.6. The number of nitrogens with one attached hydrogen (secondary N) is 1. The number of anilines is 1. The number of sulfonamides is 1. The van der Waals surface area contributed by atoms with Gasteiger partial charge in [0.05, 0.1) is 23.7 Å². The molecule has 1 aliphatic carbocycles. The van der Waals surface area contributed by atoms with Crippen LogP contribution in [0.4, 0.5) is 5.69 Å². The number of carbonyl (C=O) groups excluding carboxylic acids is 1. The van der Waals surface area contributed by atoms with Gasteiger partial charge in [0.1, 0.15) is 5.75 Å². The molecular weight excluding hydrogens is 416 g/mol. The fourth-order valence-electron chi connectivity index (χ4n) is 3.59. The van der Waals surface area contributed by atoms with Gasteiger partial charge in [-0.2, -0.15) is 4.31 Å². The van der Waals surface area contributed by atoms with E-state index in [0.717, 1.165) is 12.4 Å². The van der Waals surface area contributed by atoms with Gasteiger partial charge >= 0.3 is 0 Å². The normalized spacial score (nSPS) is 22.1. The molecule has 7 nitrogen and oxygen atoms in total. The number of hydrogen-bond donors (Lipinski definition) is 1. The topological polar surface area (TPSA) is 84.9 Å². The number of morpholine rings is 1. The summed E-state index contributed by atoms with van der Waals surface area (Å²) >= 11 is 0. The van der Waals surface area contributed by atoms with Gasteiger partial charge in [0.2, 0.25) is 10.0 Å². The van der Waals surface area contributed by atoms with Crippen molar-refractivity contribution in [2.45, 2.75) is 43.8 Å². The molecule has 4 rings (SSSR count). The molecule has 0 bridgehead atoms. The Morgan fingerprint density at radius 1 is 1.03 bits per heavy atom. The minimum atomic E-state index is -3.61. The van der Waals surface area contributed by atoms with Gasteiger partial charge in [-0.05, 0) is 81.1 Å². The second kappa shape index (κ2) is 8.98. The molecule has 2 aromatic carbocycles. The van der Waals surface area contributed by atoms with E-state index in [1.807, 2.05) is 13.8 Å². The number of rotatable bonds is 7. The van der Waals surface area contributed by atoms with Gasteiger partial charge in [-0.3, -0.25) is 4.79 Å². The molecule has 2 atom stereocenters. The Hall–Kier alpha value is -2.42. The number of carbonyl (C=O) groups is 1. The summed E-state index contributed by atoms with van der Waals surface area (Å²) in [4.78, 5) is 12.7. The monoisotopic (exact) mass is 444 g/mol. The molecule has 1 amide bonds. The fourth-order valence-corrected chi connectivity index (χ4v) is 5.18. The predicted molar refractivity (Wildman–Crippen MR) is 118 cm³/mol. The summed E-state index contributed by atoms with van der Waals surface area (Å²) in [6, 6.07) is 13.3. The van der Waals surface area contributed by atoms with Gasteiger partial charge < -0.3 is 14.8 Å². The minimum Gasteiger partial charge on any atom is -0.493 e. The summed E-state index contributed by atoms with van der Waals surface area (Å²) in [6.45, 7) is 5.10. The van der Waals surface area contributed by atoms with Crippen molar-refractivity contribution in [3.8, 4) is 5.75 Å². The molecule has 31 heavy (non-hydrogen) atoms. The van der Waals surface area contributed by atoms with E-state index in [2.05, 4.69) is 5.32 Å². The van der Waals surface area contributed by atoms with E-state index < -0.39 is 10.0 Å². The Bertz CT molecular complexity index is 1010. The Morgan fingerprint density at radius 3 is 2.23 bits per heavy atom. The maximum Gasteiger partial charge on any atom is 0.255 e. The standard InChI is InChI=1S/C23H28N2O5S/c1-16-13-25(14-17(2)30-16)31(27,28)22-11-7-20(8-12-22)24-23(26)19-5-9-21(10-6-19)29-15-18-3-4-18/h5-12,16-18H,3-4,13-15H2,1-2H3,(H,24,26). The highest BCUT2D eigenvalue weighted by Crippen LogP contribution is 2.29. The van der Waals surface area contributed by atoms with Crippen molar-refractivity contribution in [2.75, 3.05) is 25.0 Å². The second-order valence-corrected chi connectivity index (χ2v) is 10.3. The van der Waals surface area contributed by atoms with Crippen LogP contribution in [0.15, 0.2) is 53.4 Å². The first-order valence-electron chi connectivity index (χ1n) is 10.6. The van der Waals surface area contributed by atoms with Crippen LogP contribution < -0.4 is 10.1 Å². The molecule has 2 aromatic rings. The second-order valence-electron chi connectivity index (χ2n) is 8.34. The van der Waals surface area contributed by atoms with E-state index in [1.165, 1.54) is 29.3 Å². The van der Waals surface area contributed by atoms with Crippen LogP contribution in [0.1, 0.15) is 37.0 Å². The molecule has 1 saturated carbocycles. The van der Waals surface area contributed by atoms with Crippen molar-refractivity contribution in [2.24, 2.45) is 5.92 Å². The van der Waals surface area contributed by atoms with Crippen molar-refractivity contribution >= 4 is 21.6 Å². The number of benzene rings is 2. The number of ether oxygens (including phenoxy) is 2. The maximum absolute atomic E-state index is 12.9. The zero-order valence-corrected chi connectivity index (χ0v) is 18.6. The Labute approximate surface area is 183 Å². The summed E-state index contributed by atoms with van der Waals surface area (Å²) in [6.07, 6.45) is 2.15. The van der Waals surface area contributed by atoms with Crippen LogP contribution >= 0.6 is 0 Å². The van der Waals surface area contributed by atoms with E-state index in [1.54, 1.807) is 36.4 Å². The van der Waals surface area contributed by atoms with Crippen LogP contribution in [0.25, 0.3) is 0 Å². The lowest BCUT2D eigenvalue weighted by atomic mass is 10.2. The summed E-state index contributed by atoms with van der Waals surface area (Å²) in [5.74, 6) is 1.16.